The molecule has 0 spiro atoms. The molecule has 0 saturated heterocycles. The van der Waals surface area contributed by atoms with Crippen LogP contribution in [0.5, 0.6) is 0 Å². The van der Waals surface area contributed by atoms with Crippen molar-refractivity contribution in [1.29, 1.82) is 0 Å². The van der Waals surface area contributed by atoms with Crippen molar-refractivity contribution in [3.8, 4) is 0 Å². The molecule has 0 radical (unpaired) electrons. The van der Waals surface area contributed by atoms with E-state index < -0.39 is 11.9 Å². The average molecular weight is 396 g/mol. The van der Waals surface area contributed by atoms with Crippen LogP contribution in [0.3, 0.4) is 0 Å². The molecule has 0 aliphatic rings. The van der Waals surface area contributed by atoms with Gasteiger partial charge in [-0.15, -0.1) is 11.3 Å². The smallest absolute Gasteiger partial charge is 0.379 e. The highest BCUT2D eigenvalue weighted by Crippen LogP contribution is 2.30. The summed E-state index contributed by atoms with van der Waals surface area (Å²) in [5.41, 5.74) is -0.875. The molecule has 2 N–H and O–H groups in total. The molecule has 26 heavy (non-hydrogen) atoms. The SMILES string of the molecule is CCCCOCCOCCNC(=NCc1nc(C(F)(F)F)cs1)NCC. The van der Waals surface area contributed by atoms with Gasteiger partial charge in [-0.1, -0.05) is 13.3 Å². The lowest BCUT2D eigenvalue weighted by Gasteiger charge is -2.11. The lowest BCUT2D eigenvalue weighted by atomic mass is 10.4. The van der Waals surface area contributed by atoms with E-state index >= 15 is 0 Å². The second-order valence-corrected chi connectivity index (χ2v) is 6.27. The summed E-state index contributed by atoms with van der Waals surface area (Å²) in [4.78, 5) is 7.80. The molecule has 0 atom stereocenters. The first-order valence-corrected chi connectivity index (χ1v) is 9.54. The van der Waals surface area contributed by atoms with Crippen LogP contribution in [-0.4, -0.2) is 50.5 Å². The average Bonchev–Trinajstić information content (AvgIpc) is 3.07. The molecule has 1 heterocycles. The predicted octanol–water partition coefficient (Wildman–Crippen LogP) is 3.05. The van der Waals surface area contributed by atoms with Crippen LogP contribution < -0.4 is 10.6 Å². The summed E-state index contributed by atoms with van der Waals surface area (Å²) in [5.74, 6) is 0.513. The van der Waals surface area contributed by atoms with Gasteiger partial charge in [0.1, 0.15) is 5.01 Å². The van der Waals surface area contributed by atoms with E-state index in [4.69, 9.17) is 9.47 Å². The Balaban J connectivity index is 2.28. The number of hydrogen-bond donors (Lipinski definition) is 2. The van der Waals surface area contributed by atoms with E-state index in [0.29, 0.717) is 43.9 Å². The Morgan fingerprint density at radius 2 is 1.88 bits per heavy atom. The molecule has 1 aromatic heterocycles. The van der Waals surface area contributed by atoms with Crippen molar-refractivity contribution in [2.24, 2.45) is 4.99 Å². The predicted molar refractivity (Wildman–Crippen MR) is 96.5 cm³/mol. The fourth-order valence-electron chi connectivity index (χ4n) is 1.81. The van der Waals surface area contributed by atoms with Gasteiger partial charge < -0.3 is 20.1 Å². The van der Waals surface area contributed by atoms with Gasteiger partial charge in [0.15, 0.2) is 11.7 Å². The van der Waals surface area contributed by atoms with Crippen molar-refractivity contribution in [3.63, 3.8) is 0 Å². The van der Waals surface area contributed by atoms with Gasteiger partial charge in [0.2, 0.25) is 0 Å². The van der Waals surface area contributed by atoms with E-state index in [0.717, 1.165) is 36.2 Å². The van der Waals surface area contributed by atoms with Gasteiger partial charge >= 0.3 is 6.18 Å². The van der Waals surface area contributed by atoms with Crippen molar-refractivity contribution >= 4 is 17.3 Å². The van der Waals surface area contributed by atoms with Gasteiger partial charge in [0.25, 0.3) is 0 Å². The first-order valence-electron chi connectivity index (χ1n) is 8.66. The number of guanidine groups is 1. The highest BCUT2D eigenvalue weighted by Gasteiger charge is 2.33. The van der Waals surface area contributed by atoms with Crippen molar-refractivity contribution in [3.05, 3.63) is 16.1 Å². The van der Waals surface area contributed by atoms with E-state index in [-0.39, 0.29) is 6.54 Å². The van der Waals surface area contributed by atoms with E-state index in [1.54, 1.807) is 0 Å². The molecule has 0 aliphatic carbocycles. The Morgan fingerprint density at radius 1 is 1.15 bits per heavy atom. The zero-order valence-electron chi connectivity index (χ0n) is 15.2. The normalized spacial score (nSPS) is 12.4. The third kappa shape index (κ3) is 9.93. The highest BCUT2D eigenvalue weighted by molar-refractivity contribution is 7.09. The molecular weight excluding hydrogens is 369 g/mol. The van der Waals surface area contributed by atoms with E-state index in [1.807, 2.05) is 6.92 Å². The van der Waals surface area contributed by atoms with Crippen LogP contribution in [0.15, 0.2) is 10.4 Å². The molecule has 150 valence electrons. The number of alkyl halides is 3. The summed E-state index contributed by atoms with van der Waals surface area (Å²) >= 11 is 0.947. The number of aromatic nitrogens is 1. The molecule has 10 heteroatoms. The van der Waals surface area contributed by atoms with E-state index in [1.165, 1.54) is 0 Å². The Kier molecular flexibility index (Phi) is 11.2. The Hall–Kier alpha value is -1.39. The number of ether oxygens (including phenoxy) is 2. The molecular formula is C16H27F3N4O2S. The largest absolute Gasteiger partial charge is 0.434 e. The number of nitrogens with zero attached hydrogens (tertiary/aromatic N) is 2. The maximum Gasteiger partial charge on any atom is 0.434 e. The lowest BCUT2D eigenvalue weighted by molar-refractivity contribution is -0.140. The van der Waals surface area contributed by atoms with Crippen LogP contribution in [-0.2, 0) is 22.2 Å². The topological polar surface area (TPSA) is 67.8 Å². The van der Waals surface area contributed by atoms with Crippen LogP contribution >= 0.6 is 11.3 Å². The van der Waals surface area contributed by atoms with Crippen LogP contribution in [0.2, 0.25) is 0 Å². The molecule has 0 saturated carbocycles. The number of rotatable bonds is 12. The third-order valence-corrected chi connectivity index (χ3v) is 3.95. The van der Waals surface area contributed by atoms with Crippen molar-refractivity contribution < 1.29 is 22.6 Å². The van der Waals surface area contributed by atoms with Gasteiger partial charge in [-0.25, -0.2) is 9.98 Å². The van der Waals surface area contributed by atoms with E-state index in [2.05, 4.69) is 27.5 Å². The summed E-state index contributed by atoms with van der Waals surface area (Å²) in [6.45, 7) is 7.61. The summed E-state index contributed by atoms with van der Waals surface area (Å²) < 4.78 is 48.4. The van der Waals surface area contributed by atoms with Gasteiger partial charge in [0.05, 0.1) is 26.4 Å². The second kappa shape index (κ2) is 12.9. The molecule has 0 aromatic carbocycles. The van der Waals surface area contributed by atoms with Gasteiger partial charge in [-0.2, -0.15) is 13.2 Å². The first-order chi connectivity index (χ1) is 12.5. The molecule has 0 aliphatic heterocycles. The number of halogens is 3. The molecule has 6 nitrogen and oxygen atoms in total. The highest BCUT2D eigenvalue weighted by atomic mass is 32.1. The minimum Gasteiger partial charge on any atom is -0.379 e. The Labute approximate surface area is 156 Å². The van der Waals surface area contributed by atoms with E-state index in [9.17, 15) is 13.2 Å². The maximum atomic E-state index is 12.5. The van der Waals surface area contributed by atoms with Crippen LogP contribution in [0.25, 0.3) is 0 Å². The van der Waals surface area contributed by atoms with Crippen molar-refractivity contribution in [2.75, 3.05) is 39.5 Å². The van der Waals surface area contributed by atoms with Crippen LogP contribution in [0.4, 0.5) is 13.2 Å². The number of thiazole rings is 1. The third-order valence-electron chi connectivity index (χ3n) is 3.11. The molecule has 1 rings (SSSR count). The minimum absolute atomic E-state index is 0.0855. The van der Waals surface area contributed by atoms with Crippen LogP contribution in [0.1, 0.15) is 37.4 Å². The standard InChI is InChI=1S/C16H27F3N4O2S/c1-3-5-7-24-9-10-25-8-6-21-15(20-4-2)22-11-14-23-13(12-26-14)16(17,18)19/h12H,3-11H2,1-2H3,(H2,20,21,22). The first kappa shape index (κ1) is 22.7. The molecule has 0 unspecified atom stereocenters. The Bertz CT molecular complexity index is 524. The van der Waals surface area contributed by atoms with Gasteiger partial charge in [0, 0.05) is 25.1 Å². The summed E-state index contributed by atoms with van der Waals surface area (Å²) in [6, 6.07) is 0. The van der Waals surface area contributed by atoms with Gasteiger partial charge in [-0.05, 0) is 13.3 Å². The maximum absolute atomic E-state index is 12.5. The quantitative estimate of drug-likeness (QED) is 0.323. The zero-order valence-corrected chi connectivity index (χ0v) is 16.0. The molecule has 1 aromatic rings. The van der Waals surface area contributed by atoms with Crippen LogP contribution in [0, 0.1) is 0 Å². The molecule has 0 amide bonds. The fourth-order valence-corrected chi connectivity index (χ4v) is 2.54. The summed E-state index contributed by atoms with van der Waals surface area (Å²) in [6.07, 6.45) is -2.26. The fraction of sp³-hybridized carbons (Fsp3) is 0.750. The van der Waals surface area contributed by atoms with Crippen molar-refractivity contribution in [1.82, 2.24) is 15.6 Å². The zero-order chi connectivity index (χ0) is 19.3. The minimum atomic E-state index is -4.42. The second-order valence-electron chi connectivity index (χ2n) is 5.32. The number of unbranched alkanes of at least 4 members (excludes halogenated alkanes) is 1. The summed E-state index contributed by atoms with van der Waals surface area (Å²) in [7, 11) is 0. The lowest BCUT2D eigenvalue weighted by Crippen LogP contribution is -2.39. The Morgan fingerprint density at radius 3 is 2.50 bits per heavy atom. The number of aliphatic imine (C=N–C) groups is 1. The molecule has 0 fully saturated rings. The monoisotopic (exact) mass is 396 g/mol. The van der Waals surface area contributed by atoms with Gasteiger partial charge in [-0.3, -0.25) is 0 Å². The number of nitrogens with one attached hydrogen (secondary N) is 2. The number of hydrogen-bond acceptors (Lipinski definition) is 5. The molecule has 0 bridgehead atoms. The summed E-state index contributed by atoms with van der Waals surface area (Å²) in [5, 5.41) is 7.41. The van der Waals surface area contributed by atoms with Crippen molar-refractivity contribution in [2.45, 2.75) is 39.4 Å².